The van der Waals surface area contributed by atoms with Crippen molar-refractivity contribution in [3.8, 4) is 18.1 Å². The standard InChI is InChI=1S/C22H28N2O3/c1-3-12-27-17-21(25)16-24(19-9-10-19)15-20-7-5-11-23(20)14-18-6-4-8-22(13-18)26-2/h1,4-8,11,13,19,21,25H,9-10,12,14-17H2,2H3/p+1/t21-/m0/s1. The minimum Gasteiger partial charge on any atom is -0.497 e. The van der Waals surface area contributed by atoms with Crippen molar-refractivity contribution >= 4 is 0 Å². The Kier molecular flexibility index (Phi) is 6.94. The van der Waals surface area contributed by atoms with Crippen molar-refractivity contribution in [3.05, 3.63) is 53.9 Å². The van der Waals surface area contributed by atoms with Gasteiger partial charge in [-0.3, -0.25) is 0 Å². The van der Waals surface area contributed by atoms with E-state index in [0.29, 0.717) is 19.2 Å². The number of rotatable bonds is 11. The topological polar surface area (TPSA) is 48.1 Å². The second kappa shape index (κ2) is 9.61. The molecule has 0 radical (unpaired) electrons. The SMILES string of the molecule is C#CCOC[C@@H](O)C[NH+](Cc1cccn1Cc1cccc(OC)c1)C1CC1. The molecule has 0 aliphatic heterocycles. The Morgan fingerprint density at radius 3 is 2.93 bits per heavy atom. The van der Waals surface area contributed by atoms with Crippen LogP contribution in [0.3, 0.4) is 0 Å². The molecule has 2 atom stereocenters. The summed E-state index contributed by atoms with van der Waals surface area (Å²) < 4.78 is 12.9. The number of benzene rings is 1. The van der Waals surface area contributed by atoms with Gasteiger partial charge in [-0.2, -0.15) is 0 Å². The smallest absolute Gasteiger partial charge is 0.126 e. The van der Waals surface area contributed by atoms with Gasteiger partial charge in [0.05, 0.1) is 25.5 Å². The first-order chi connectivity index (χ1) is 13.2. The fraction of sp³-hybridized carbons (Fsp3) is 0.455. The van der Waals surface area contributed by atoms with E-state index in [1.165, 1.54) is 29.0 Å². The molecule has 1 aliphatic rings. The summed E-state index contributed by atoms with van der Waals surface area (Å²) in [6, 6.07) is 13.1. The lowest BCUT2D eigenvalue weighted by atomic mass is 10.2. The molecular weight excluding hydrogens is 340 g/mol. The summed E-state index contributed by atoms with van der Waals surface area (Å²) in [5, 5.41) is 10.3. The van der Waals surface area contributed by atoms with Gasteiger partial charge >= 0.3 is 0 Å². The number of aliphatic hydroxyl groups excluding tert-OH is 1. The molecule has 1 aromatic carbocycles. The van der Waals surface area contributed by atoms with Crippen LogP contribution in [0.5, 0.6) is 5.75 Å². The number of hydrogen-bond donors (Lipinski definition) is 2. The second-order valence-corrected chi connectivity index (χ2v) is 7.17. The Labute approximate surface area is 161 Å². The van der Waals surface area contributed by atoms with Crippen LogP contribution in [-0.2, 0) is 17.8 Å². The summed E-state index contributed by atoms with van der Waals surface area (Å²) in [5.74, 6) is 3.31. The van der Waals surface area contributed by atoms with E-state index in [0.717, 1.165) is 18.8 Å². The molecule has 0 saturated heterocycles. The fourth-order valence-corrected chi connectivity index (χ4v) is 3.45. The van der Waals surface area contributed by atoms with Gasteiger partial charge in [0.2, 0.25) is 0 Å². The zero-order valence-corrected chi connectivity index (χ0v) is 15.9. The van der Waals surface area contributed by atoms with E-state index >= 15 is 0 Å². The van der Waals surface area contributed by atoms with Crippen LogP contribution in [0.2, 0.25) is 0 Å². The zero-order valence-electron chi connectivity index (χ0n) is 15.9. The molecule has 1 heterocycles. The molecule has 2 N–H and O–H groups in total. The van der Waals surface area contributed by atoms with E-state index in [1.807, 2.05) is 12.1 Å². The Morgan fingerprint density at radius 2 is 2.19 bits per heavy atom. The summed E-state index contributed by atoms with van der Waals surface area (Å²) >= 11 is 0. The summed E-state index contributed by atoms with van der Waals surface area (Å²) in [6.45, 7) is 2.93. The van der Waals surface area contributed by atoms with E-state index < -0.39 is 6.10 Å². The van der Waals surface area contributed by atoms with Gasteiger partial charge in [0.25, 0.3) is 0 Å². The average Bonchev–Trinajstić information content (AvgIpc) is 3.44. The molecule has 0 bridgehead atoms. The quantitative estimate of drug-likeness (QED) is 0.461. The Balaban J connectivity index is 1.62. The number of aromatic nitrogens is 1. The molecule has 27 heavy (non-hydrogen) atoms. The Bertz CT molecular complexity index is 761. The predicted molar refractivity (Wildman–Crippen MR) is 105 cm³/mol. The van der Waals surface area contributed by atoms with Gasteiger partial charge < -0.3 is 24.0 Å². The highest BCUT2D eigenvalue weighted by atomic mass is 16.5. The number of ether oxygens (including phenoxy) is 2. The first kappa shape index (κ1) is 19.5. The van der Waals surface area contributed by atoms with Crippen molar-refractivity contribution in [1.82, 2.24) is 4.57 Å². The van der Waals surface area contributed by atoms with Gasteiger partial charge in [0, 0.05) is 25.6 Å². The molecule has 0 amide bonds. The van der Waals surface area contributed by atoms with E-state index in [2.05, 4.69) is 40.9 Å². The van der Waals surface area contributed by atoms with Crippen LogP contribution in [0.25, 0.3) is 0 Å². The van der Waals surface area contributed by atoms with Crippen molar-refractivity contribution in [2.24, 2.45) is 0 Å². The molecule has 1 aliphatic carbocycles. The first-order valence-corrected chi connectivity index (χ1v) is 9.50. The average molecular weight is 369 g/mol. The molecule has 0 spiro atoms. The number of methoxy groups -OCH3 is 1. The van der Waals surface area contributed by atoms with Gasteiger partial charge in [-0.1, -0.05) is 18.1 Å². The molecular formula is C22H29N2O3+. The molecule has 1 aromatic heterocycles. The summed E-state index contributed by atoms with van der Waals surface area (Å²) in [6.07, 6.45) is 9.27. The van der Waals surface area contributed by atoms with E-state index in [9.17, 15) is 5.11 Å². The van der Waals surface area contributed by atoms with Crippen molar-refractivity contribution in [3.63, 3.8) is 0 Å². The number of aliphatic hydroxyl groups is 1. The highest BCUT2D eigenvalue weighted by molar-refractivity contribution is 5.29. The highest BCUT2D eigenvalue weighted by Gasteiger charge is 2.35. The monoisotopic (exact) mass is 369 g/mol. The maximum absolute atomic E-state index is 10.3. The predicted octanol–water partition coefficient (Wildman–Crippen LogP) is 1.10. The van der Waals surface area contributed by atoms with Gasteiger partial charge in [0.1, 0.15) is 31.5 Å². The molecule has 2 aromatic rings. The third-order valence-electron chi connectivity index (χ3n) is 4.97. The lowest BCUT2D eigenvalue weighted by Gasteiger charge is -2.23. The number of hydrogen-bond acceptors (Lipinski definition) is 3. The van der Waals surface area contributed by atoms with Crippen molar-refractivity contribution < 1.29 is 19.5 Å². The molecule has 3 rings (SSSR count). The molecule has 1 fully saturated rings. The molecule has 144 valence electrons. The van der Waals surface area contributed by atoms with Gasteiger partial charge in [-0.05, 0) is 29.8 Å². The number of terminal acetylenes is 1. The molecule has 5 heteroatoms. The van der Waals surface area contributed by atoms with Gasteiger partial charge in [-0.15, -0.1) is 6.42 Å². The largest absolute Gasteiger partial charge is 0.497 e. The maximum atomic E-state index is 10.3. The minimum atomic E-state index is -0.490. The lowest BCUT2D eigenvalue weighted by molar-refractivity contribution is -0.928. The van der Waals surface area contributed by atoms with E-state index in [1.54, 1.807) is 7.11 Å². The second-order valence-electron chi connectivity index (χ2n) is 7.17. The van der Waals surface area contributed by atoms with Crippen molar-refractivity contribution in [1.29, 1.82) is 0 Å². The van der Waals surface area contributed by atoms with Crippen molar-refractivity contribution in [2.75, 3.05) is 26.9 Å². The van der Waals surface area contributed by atoms with Crippen LogP contribution in [0, 0.1) is 12.3 Å². The van der Waals surface area contributed by atoms with Crippen LogP contribution in [0.1, 0.15) is 24.1 Å². The Hall–Kier alpha value is -2.26. The summed E-state index contributed by atoms with van der Waals surface area (Å²) in [7, 11) is 1.69. The normalized spacial score (nSPS) is 15.9. The van der Waals surface area contributed by atoms with Crippen LogP contribution in [0.15, 0.2) is 42.6 Å². The van der Waals surface area contributed by atoms with Crippen molar-refractivity contribution in [2.45, 2.75) is 38.1 Å². The Morgan fingerprint density at radius 1 is 1.33 bits per heavy atom. The third kappa shape index (κ3) is 5.86. The molecule has 1 saturated carbocycles. The number of quaternary nitrogens is 1. The van der Waals surface area contributed by atoms with Gasteiger partial charge in [-0.25, -0.2) is 0 Å². The van der Waals surface area contributed by atoms with Gasteiger partial charge in [0.15, 0.2) is 0 Å². The fourth-order valence-electron chi connectivity index (χ4n) is 3.45. The zero-order chi connectivity index (χ0) is 19.1. The minimum absolute atomic E-state index is 0.249. The molecule has 5 nitrogen and oxygen atoms in total. The first-order valence-electron chi connectivity index (χ1n) is 9.50. The van der Waals surface area contributed by atoms with Crippen LogP contribution in [-0.4, -0.2) is 48.7 Å². The number of nitrogens with one attached hydrogen (secondary N) is 1. The summed E-state index contributed by atoms with van der Waals surface area (Å²) in [5.41, 5.74) is 2.49. The molecule has 1 unspecified atom stereocenters. The van der Waals surface area contributed by atoms with E-state index in [4.69, 9.17) is 15.9 Å². The maximum Gasteiger partial charge on any atom is 0.126 e. The van der Waals surface area contributed by atoms with E-state index in [-0.39, 0.29) is 6.61 Å². The third-order valence-corrected chi connectivity index (χ3v) is 4.97. The van der Waals surface area contributed by atoms with Crippen LogP contribution < -0.4 is 9.64 Å². The highest BCUT2D eigenvalue weighted by Crippen LogP contribution is 2.17. The van der Waals surface area contributed by atoms with Crippen LogP contribution >= 0.6 is 0 Å². The summed E-state index contributed by atoms with van der Waals surface area (Å²) in [4.78, 5) is 1.41. The van der Waals surface area contributed by atoms with Crippen LogP contribution in [0.4, 0.5) is 0 Å². The number of nitrogens with zero attached hydrogens (tertiary/aromatic N) is 1. The lowest BCUT2D eigenvalue weighted by Crippen LogP contribution is -3.13.